The van der Waals surface area contributed by atoms with Gasteiger partial charge in [-0.1, -0.05) is 20.3 Å². The van der Waals surface area contributed by atoms with Crippen LogP contribution in [0.3, 0.4) is 0 Å². The van der Waals surface area contributed by atoms with Crippen LogP contribution in [0.15, 0.2) is 0 Å². The van der Waals surface area contributed by atoms with Gasteiger partial charge < -0.3 is 4.90 Å². The van der Waals surface area contributed by atoms with Gasteiger partial charge in [0.1, 0.15) is 0 Å². The van der Waals surface area contributed by atoms with Crippen molar-refractivity contribution in [3.05, 3.63) is 0 Å². The van der Waals surface area contributed by atoms with Crippen LogP contribution in [0.4, 0.5) is 0 Å². The number of hydrogen-bond donors (Lipinski definition) is 1. The minimum atomic E-state index is -0.320. The second-order valence-corrected chi connectivity index (χ2v) is 7.20. The predicted molar refractivity (Wildman–Crippen MR) is 76.6 cm³/mol. The van der Waals surface area contributed by atoms with Crippen molar-refractivity contribution in [1.82, 2.24) is 10.2 Å². The monoisotopic (exact) mass is 264 g/mol. The molecule has 1 heterocycles. The van der Waals surface area contributed by atoms with E-state index in [0.29, 0.717) is 11.3 Å². The molecule has 0 bridgehead atoms. The van der Waals surface area contributed by atoms with Gasteiger partial charge in [-0.3, -0.25) is 10.1 Å². The Morgan fingerprint density at radius 2 is 2.00 bits per heavy atom. The van der Waals surface area contributed by atoms with Crippen LogP contribution >= 0.6 is 0 Å². The highest BCUT2D eigenvalue weighted by Gasteiger charge is 2.57. The van der Waals surface area contributed by atoms with Crippen molar-refractivity contribution in [3.8, 4) is 0 Å². The van der Waals surface area contributed by atoms with Gasteiger partial charge in [0.15, 0.2) is 0 Å². The third kappa shape index (κ3) is 2.20. The van der Waals surface area contributed by atoms with E-state index in [1.807, 2.05) is 0 Å². The first-order valence-electron chi connectivity index (χ1n) is 8.13. The van der Waals surface area contributed by atoms with Gasteiger partial charge in [0.25, 0.3) is 0 Å². The van der Waals surface area contributed by atoms with E-state index in [1.54, 1.807) is 0 Å². The second kappa shape index (κ2) is 4.47. The molecule has 2 aliphatic carbocycles. The Morgan fingerprint density at radius 3 is 2.47 bits per heavy atom. The van der Waals surface area contributed by atoms with Gasteiger partial charge in [-0.05, 0) is 56.8 Å². The summed E-state index contributed by atoms with van der Waals surface area (Å²) in [4.78, 5) is 14.9. The molecule has 0 aromatic carbocycles. The standard InChI is InChI=1S/C16H28N2O/c1-4-6-13-17-15(3,5-2)14(19)18(13)11-16(9-10-16)12-7-8-12/h12-13,17H,4-11H2,1-3H3. The number of nitrogens with one attached hydrogen (secondary N) is 1. The maximum atomic E-state index is 12.8. The summed E-state index contributed by atoms with van der Waals surface area (Å²) in [6.07, 6.45) is 8.89. The molecule has 1 N–H and O–H groups in total. The van der Waals surface area contributed by atoms with E-state index < -0.39 is 0 Å². The molecule has 1 amide bonds. The molecule has 1 aliphatic heterocycles. The zero-order valence-corrected chi connectivity index (χ0v) is 12.7. The fourth-order valence-corrected chi connectivity index (χ4v) is 3.79. The van der Waals surface area contributed by atoms with Crippen molar-refractivity contribution < 1.29 is 4.79 Å². The highest BCUT2D eigenvalue weighted by atomic mass is 16.2. The highest BCUT2D eigenvalue weighted by molar-refractivity contribution is 5.88. The Labute approximate surface area is 117 Å². The molecule has 3 heteroatoms. The maximum Gasteiger partial charge on any atom is 0.243 e. The summed E-state index contributed by atoms with van der Waals surface area (Å²) >= 11 is 0. The molecule has 1 saturated heterocycles. The SMILES string of the molecule is CCCC1NC(C)(CC)C(=O)N1CC1(C2CC2)CC1. The normalized spacial score (nSPS) is 36.9. The summed E-state index contributed by atoms with van der Waals surface area (Å²) in [5.74, 6) is 1.27. The van der Waals surface area contributed by atoms with Crippen LogP contribution in [0.1, 0.15) is 65.7 Å². The Balaban J connectivity index is 1.75. The molecule has 2 unspecified atom stereocenters. The van der Waals surface area contributed by atoms with Gasteiger partial charge >= 0.3 is 0 Å². The van der Waals surface area contributed by atoms with E-state index in [1.165, 1.54) is 25.7 Å². The smallest absolute Gasteiger partial charge is 0.243 e. The van der Waals surface area contributed by atoms with Crippen molar-refractivity contribution in [2.24, 2.45) is 11.3 Å². The van der Waals surface area contributed by atoms with Crippen molar-refractivity contribution in [1.29, 1.82) is 0 Å². The molecule has 0 aromatic rings. The van der Waals surface area contributed by atoms with Crippen LogP contribution < -0.4 is 5.32 Å². The Bertz CT molecular complexity index is 373. The average Bonchev–Trinajstić information content (AvgIpc) is 3.26. The number of carbonyl (C=O) groups excluding carboxylic acids is 1. The summed E-state index contributed by atoms with van der Waals surface area (Å²) in [5, 5.41) is 3.60. The minimum Gasteiger partial charge on any atom is -0.325 e. The molecular formula is C16H28N2O. The highest BCUT2D eigenvalue weighted by Crippen LogP contribution is 2.62. The minimum absolute atomic E-state index is 0.277. The van der Waals surface area contributed by atoms with Gasteiger partial charge in [-0.25, -0.2) is 0 Å². The predicted octanol–water partition coefficient (Wildman–Crippen LogP) is 2.90. The first-order valence-corrected chi connectivity index (χ1v) is 8.13. The average molecular weight is 264 g/mol. The van der Waals surface area contributed by atoms with Gasteiger partial charge in [-0.2, -0.15) is 0 Å². The zero-order valence-electron chi connectivity index (χ0n) is 12.7. The maximum absolute atomic E-state index is 12.8. The zero-order chi connectivity index (χ0) is 13.7. The van der Waals surface area contributed by atoms with E-state index in [2.05, 4.69) is 31.0 Å². The lowest BCUT2D eigenvalue weighted by Crippen LogP contribution is -2.43. The van der Waals surface area contributed by atoms with Crippen molar-refractivity contribution in [3.63, 3.8) is 0 Å². The molecule has 3 fully saturated rings. The molecule has 2 saturated carbocycles. The summed E-state index contributed by atoms with van der Waals surface area (Å²) in [5.41, 5.74) is 0.196. The lowest BCUT2D eigenvalue weighted by Gasteiger charge is -2.29. The van der Waals surface area contributed by atoms with Crippen LogP contribution in [0.25, 0.3) is 0 Å². The fourth-order valence-electron chi connectivity index (χ4n) is 3.79. The molecule has 2 atom stereocenters. The van der Waals surface area contributed by atoms with Gasteiger partial charge in [0, 0.05) is 6.54 Å². The fraction of sp³-hybridized carbons (Fsp3) is 0.938. The van der Waals surface area contributed by atoms with E-state index in [9.17, 15) is 4.79 Å². The number of nitrogens with zero attached hydrogens (tertiary/aromatic N) is 1. The summed E-state index contributed by atoms with van der Waals surface area (Å²) in [6.45, 7) is 7.42. The molecule has 108 valence electrons. The number of carbonyl (C=O) groups is 1. The first-order chi connectivity index (χ1) is 9.04. The molecular weight excluding hydrogens is 236 g/mol. The Kier molecular flexibility index (Phi) is 3.16. The number of rotatable bonds is 6. The van der Waals surface area contributed by atoms with Gasteiger partial charge in [0.05, 0.1) is 11.7 Å². The van der Waals surface area contributed by atoms with E-state index in [-0.39, 0.29) is 11.7 Å². The largest absolute Gasteiger partial charge is 0.325 e. The summed E-state index contributed by atoms with van der Waals surface area (Å²) in [7, 11) is 0. The third-order valence-corrected chi connectivity index (χ3v) is 5.68. The lowest BCUT2D eigenvalue weighted by atomic mass is 9.97. The van der Waals surface area contributed by atoms with E-state index in [0.717, 1.165) is 31.7 Å². The number of hydrogen-bond acceptors (Lipinski definition) is 2. The van der Waals surface area contributed by atoms with Crippen molar-refractivity contribution in [2.75, 3.05) is 6.54 Å². The van der Waals surface area contributed by atoms with E-state index >= 15 is 0 Å². The van der Waals surface area contributed by atoms with Crippen molar-refractivity contribution >= 4 is 5.91 Å². The van der Waals surface area contributed by atoms with Crippen LogP contribution in [-0.4, -0.2) is 29.1 Å². The molecule has 0 radical (unpaired) electrons. The summed E-state index contributed by atoms with van der Waals surface area (Å²) in [6, 6.07) is 0. The molecule has 3 aliphatic rings. The van der Waals surface area contributed by atoms with E-state index in [4.69, 9.17) is 0 Å². The molecule has 3 nitrogen and oxygen atoms in total. The van der Waals surface area contributed by atoms with Gasteiger partial charge in [-0.15, -0.1) is 0 Å². The second-order valence-electron chi connectivity index (χ2n) is 7.20. The van der Waals surface area contributed by atoms with Crippen LogP contribution in [0, 0.1) is 11.3 Å². The first kappa shape index (κ1) is 13.4. The quantitative estimate of drug-likeness (QED) is 0.800. The Hall–Kier alpha value is -0.570. The number of amides is 1. The lowest BCUT2D eigenvalue weighted by molar-refractivity contribution is -0.133. The topological polar surface area (TPSA) is 32.3 Å². The summed E-state index contributed by atoms with van der Waals surface area (Å²) < 4.78 is 0. The van der Waals surface area contributed by atoms with Crippen LogP contribution in [-0.2, 0) is 4.79 Å². The van der Waals surface area contributed by atoms with Crippen LogP contribution in [0.2, 0.25) is 0 Å². The van der Waals surface area contributed by atoms with Crippen LogP contribution in [0.5, 0.6) is 0 Å². The molecule has 0 aromatic heterocycles. The van der Waals surface area contributed by atoms with Crippen molar-refractivity contribution in [2.45, 2.75) is 77.4 Å². The third-order valence-electron chi connectivity index (χ3n) is 5.68. The van der Waals surface area contributed by atoms with Gasteiger partial charge in [0.2, 0.25) is 5.91 Å². The molecule has 3 rings (SSSR count). The molecule has 0 spiro atoms. The molecule has 19 heavy (non-hydrogen) atoms. The Morgan fingerprint density at radius 1 is 1.32 bits per heavy atom.